The van der Waals surface area contributed by atoms with E-state index in [-0.39, 0.29) is 12.8 Å². The minimum atomic E-state index is -1.67. The van der Waals surface area contributed by atoms with Gasteiger partial charge in [0.25, 0.3) is 0 Å². The minimum absolute atomic E-state index is 0.246. The molecule has 0 aliphatic carbocycles. The Hall–Kier alpha value is -1.67. The highest BCUT2D eigenvalue weighted by atomic mass is 16.7. The van der Waals surface area contributed by atoms with E-state index in [1.165, 1.54) is 186 Å². The number of hydrogen-bond acceptors (Lipinski definition) is 10. The fourth-order valence-electron chi connectivity index (χ4n) is 9.51. The van der Waals surface area contributed by atoms with Gasteiger partial charge in [0.2, 0.25) is 5.91 Å². The Morgan fingerprint density at radius 2 is 0.845 bits per heavy atom. The van der Waals surface area contributed by atoms with E-state index < -0.39 is 74.2 Å². The predicted molar refractivity (Wildman–Crippen MR) is 293 cm³/mol. The molecule has 0 aromatic heterocycles. The lowest BCUT2D eigenvalue weighted by molar-refractivity contribution is -0.303. The molecule has 9 atom stereocenters. The molecule has 1 rings (SSSR count). The summed E-state index contributed by atoms with van der Waals surface area (Å²) in [4.78, 5) is 13.2. The lowest BCUT2D eigenvalue weighted by atomic mass is 9.98. The van der Waals surface area contributed by atoms with Crippen LogP contribution in [0.25, 0.3) is 0 Å². The van der Waals surface area contributed by atoms with Gasteiger partial charge in [-0.25, -0.2) is 0 Å². The van der Waals surface area contributed by atoms with E-state index in [0.29, 0.717) is 19.3 Å². The topological polar surface area (TPSA) is 189 Å². The fourth-order valence-corrected chi connectivity index (χ4v) is 9.51. The van der Waals surface area contributed by atoms with Crippen molar-refractivity contribution < 1.29 is 50.0 Å². The number of amides is 1. The summed E-state index contributed by atoms with van der Waals surface area (Å²) in [7, 11) is 0. The number of carbonyl (C=O) groups excluding carboxylic acids is 1. The van der Waals surface area contributed by atoms with Crippen molar-refractivity contribution in [1.82, 2.24) is 5.32 Å². The van der Waals surface area contributed by atoms with Crippen molar-refractivity contribution >= 4 is 5.91 Å². The van der Waals surface area contributed by atoms with Gasteiger partial charge in [-0.05, 0) is 77.0 Å². The van der Waals surface area contributed by atoms with E-state index in [9.17, 15) is 40.5 Å². The van der Waals surface area contributed by atoms with Gasteiger partial charge in [0.05, 0.1) is 25.4 Å². The maximum Gasteiger partial charge on any atom is 0.249 e. The second-order valence-electron chi connectivity index (χ2n) is 21.0. The van der Waals surface area contributed by atoms with Crippen LogP contribution in [-0.4, -0.2) is 110 Å². The molecule has 1 saturated heterocycles. The van der Waals surface area contributed by atoms with Crippen molar-refractivity contribution in [1.29, 1.82) is 0 Å². The molecule has 0 radical (unpaired) electrons. The third-order valence-corrected chi connectivity index (χ3v) is 14.4. The van der Waals surface area contributed by atoms with Crippen molar-refractivity contribution in [3.8, 4) is 0 Å². The van der Waals surface area contributed by atoms with Crippen molar-refractivity contribution in [3.63, 3.8) is 0 Å². The number of aliphatic hydroxyl groups is 7. The van der Waals surface area contributed by atoms with Crippen LogP contribution in [0.1, 0.15) is 271 Å². The maximum atomic E-state index is 13.2. The highest BCUT2D eigenvalue weighted by molar-refractivity contribution is 5.80. The van der Waals surface area contributed by atoms with Gasteiger partial charge in [-0.2, -0.15) is 0 Å². The van der Waals surface area contributed by atoms with Crippen molar-refractivity contribution in [3.05, 3.63) is 36.5 Å². The van der Waals surface area contributed by atoms with Crippen molar-refractivity contribution in [2.24, 2.45) is 0 Å². The summed E-state index contributed by atoms with van der Waals surface area (Å²) in [6, 6.07) is -1.19. The number of nitrogens with one attached hydrogen (secondary N) is 1. The van der Waals surface area contributed by atoms with E-state index in [4.69, 9.17) is 9.47 Å². The second-order valence-corrected chi connectivity index (χ2v) is 21.0. The molecular weight excluding hydrogens is 895 g/mol. The van der Waals surface area contributed by atoms with Crippen LogP contribution in [0.2, 0.25) is 0 Å². The summed E-state index contributed by atoms with van der Waals surface area (Å²) >= 11 is 0. The molecule has 0 bridgehead atoms. The number of carbonyl (C=O) groups is 1. The van der Waals surface area contributed by atoms with E-state index in [0.717, 1.165) is 38.5 Å². The molecule has 0 saturated carbocycles. The lowest BCUT2D eigenvalue weighted by Gasteiger charge is -2.40. The van der Waals surface area contributed by atoms with Gasteiger partial charge in [0.1, 0.15) is 36.6 Å². The Labute approximate surface area is 435 Å². The number of unbranched alkanes of at least 4 members (excludes halogenated alkanes) is 33. The van der Waals surface area contributed by atoms with Gasteiger partial charge in [-0.3, -0.25) is 4.79 Å². The number of hydrogen-bond donors (Lipinski definition) is 8. The van der Waals surface area contributed by atoms with Gasteiger partial charge in [-0.1, -0.05) is 230 Å². The molecule has 1 heterocycles. The summed E-state index contributed by atoms with van der Waals surface area (Å²) in [6.07, 6.45) is 49.3. The first-order chi connectivity index (χ1) is 34.7. The molecule has 0 spiro atoms. The highest BCUT2D eigenvalue weighted by Crippen LogP contribution is 2.23. The molecule has 1 amide bonds. The van der Waals surface area contributed by atoms with Gasteiger partial charge in [0.15, 0.2) is 6.29 Å². The summed E-state index contributed by atoms with van der Waals surface area (Å²) in [5.41, 5.74) is 0. The highest BCUT2D eigenvalue weighted by Gasteiger charge is 2.44. The van der Waals surface area contributed by atoms with E-state index in [2.05, 4.69) is 55.6 Å². The number of allylic oxidation sites excluding steroid dienone is 6. The molecule has 1 aliphatic rings. The molecule has 71 heavy (non-hydrogen) atoms. The molecule has 0 aromatic rings. The average Bonchev–Trinajstić information content (AvgIpc) is 3.37. The third kappa shape index (κ3) is 37.7. The molecule has 1 fully saturated rings. The first kappa shape index (κ1) is 67.3. The Bertz CT molecular complexity index is 1250. The van der Waals surface area contributed by atoms with Crippen LogP contribution in [0.15, 0.2) is 36.5 Å². The number of aliphatic hydroxyl groups excluding tert-OH is 7. The fraction of sp³-hybridized carbons (Fsp3) is 0.883. The van der Waals surface area contributed by atoms with Gasteiger partial charge >= 0.3 is 0 Å². The first-order valence-corrected chi connectivity index (χ1v) is 29.9. The lowest BCUT2D eigenvalue weighted by Crippen LogP contribution is -2.60. The SMILES string of the molecule is CCCCCCCC/C=C/CC/C=C/CCCC(O)C(O)C(COC1OC(CO)C(O)C(O)C1O)NC(=O)C(O)CCCCCCCCCCCCCCC/C=C\CCCCCCCCCCCCCC. The van der Waals surface area contributed by atoms with Crippen LogP contribution < -0.4 is 5.32 Å². The predicted octanol–water partition coefficient (Wildman–Crippen LogP) is 12.7. The quantitative estimate of drug-likeness (QED) is 0.0215. The van der Waals surface area contributed by atoms with Crippen LogP contribution in [0, 0.1) is 0 Å². The van der Waals surface area contributed by atoms with Crippen LogP contribution in [0.5, 0.6) is 0 Å². The summed E-state index contributed by atoms with van der Waals surface area (Å²) in [5, 5.41) is 76.0. The zero-order valence-electron chi connectivity index (χ0n) is 45.7. The molecule has 11 heteroatoms. The van der Waals surface area contributed by atoms with Gasteiger partial charge in [0, 0.05) is 0 Å². The largest absolute Gasteiger partial charge is 0.394 e. The third-order valence-electron chi connectivity index (χ3n) is 14.4. The molecule has 418 valence electrons. The average molecular weight is 1010 g/mol. The minimum Gasteiger partial charge on any atom is -0.394 e. The maximum absolute atomic E-state index is 13.2. The molecular formula is C60H113NO10. The normalized spacial score (nSPS) is 20.4. The Morgan fingerprint density at radius 3 is 1.25 bits per heavy atom. The van der Waals surface area contributed by atoms with Crippen LogP contribution in [0.3, 0.4) is 0 Å². The summed E-state index contributed by atoms with van der Waals surface area (Å²) in [5.74, 6) is -0.709. The monoisotopic (exact) mass is 1010 g/mol. The number of ether oxygens (including phenoxy) is 2. The molecule has 9 unspecified atom stereocenters. The first-order valence-electron chi connectivity index (χ1n) is 29.9. The Balaban J connectivity index is 2.25. The van der Waals surface area contributed by atoms with E-state index >= 15 is 0 Å². The van der Waals surface area contributed by atoms with Crippen molar-refractivity contribution in [2.45, 2.75) is 326 Å². The smallest absolute Gasteiger partial charge is 0.249 e. The molecule has 0 aromatic carbocycles. The molecule has 8 N–H and O–H groups in total. The molecule has 1 aliphatic heterocycles. The molecule has 11 nitrogen and oxygen atoms in total. The Morgan fingerprint density at radius 1 is 0.479 bits per heavy atom. The van der Waals surface area contributed by atoms with Gasteiger partial charge in [-0.15, -0.1) is 0 Å². The van der Waals surface area contributed by atoms with Gasteiger partial charge < -0.3 is 50.5 Å². The zero-order valence-corrected chi connectivity index (χ0v) is 45.7. The van der Waals surface area contributed by atoms with Crippen molar-refractivity contribution in [2.75, 3.05) is 13.2 Å². The zero-order chi connectivity index (χ0) is 51.8. The van der Waals surface area contributed by atoms with E-state index in [1.54, 1.807) is 0 Å². The summed E-state index contributed by atoms with van der Waals surface area (Å²) < 4.78 is 11.1. The standard InChI is InChI=1S/C60H113NO10/c1-3-5-7-9-11-13-15-17-19-20-21-22-23-24-25-26-27-28-29-30-31-32-34-36-38-40-42-44-46-48-53(64)59(69)61-51(50-70-60-58(68)57(67)56(66)54(49-62)71-60)55(65)52(63)47-45-43-41-39-37-35-33-18-16-14-12-10-8-6-4-2/h18,24-25,33,39,41,51-58,60,62-68H,3-17,19-23,26-32,34-38,40,42-50H2,1-2H3,(H,61,69)/b25-24-,33-18+,41-39+. The Kier molecular flexibility index (Phi) is 46.7. The van der Waals surface area contributed by atoms with Crippen LogP contribution in [0.4, 0.5) is 0 Å². The number of rotatable bonds is 51. The van der Waals surface area contributed by atoms with Crippen LogP contribution in [-0.2, 0) is 14.3 Å². The van der Waals surface area contributed by atoms with E-state index in [1.807, 2.05) is 0 Å². The summed E-state index contributed by atoms with van der Waals surface area (Å²) in [6.45, 7) is 3.44. The second kappa shape index (κ2) is 49.2. The van der Waals surface area contributed by atoms with Crippen LogP contribution >= 0.6 is 0 Å².